The summed E-state index contributed by atoms with van der Waals surface area (Å²) in [5, 5.41) is 26.1. The van der Waals surface area contributed by atoms with E-state index in [2.05, 4.69) is 10.5 Å². The van der Waals surface area contributed by atoms with Crippen LogP contribution in [0.1, 0.15) is 27.0 Å². The van der Waals surface area contributed by atoms with Gasteiger partial charge in [0.25, 0.3) is 17.5 Å². The van der Waals surface area contributed by atoms with E-state index in [0.717, 1.165) is 0 Å². The monoisotopic (exact) mass is 492 g/mol. The Morgan fingerprint density at radius 2 is 1.97 bits per heavy atom. The van der Waals surface area contributed by atoms with Gasteiger partial charge in [0.1, 0.15) is 11.6 Å². The van der Waals surface area contributed by atoms with Crippen LogP contribution in [0.2, 0.25) is 0 Å². The molecule has 0 fully saturated rings. The van der Waals surface area contributed by atoms with Crippen LogP contribution in [-0.2, 0) is 22.7 Å². The number of carbonyl (C=O) groups is 2. The summed E-state index contributed by atoms with van der Waals surface area (Å²) in [4.78, 5) is 37.2. The number of nitro groups is 1. The van der Waals surface area contributed by atoms with E-state index < -0.39 is 22.6 Å². The molecule has 0 radical (unpaired) electrons. The molecule has 2 amide bonds. The number of ether oxygens (including phenoxy) is 2. The fourth-order valence-corrected chi connectivity index (χ4v) is 4.12. The lowest BCUT2D eigenvalue weighted by Gasteiger charge is -2.24. The number of nitrogens with zero attached hydrogens (tertiary/aromatic N) is 3. The number of benzene rings is 3. The molecule has 3 aromatic rings. The summed E-state index contributed by atoms with van der Waals surface area (Å²) in [6.07, 6.45) is 0. The van der Waals surface area contributed by atoms with Gasteiger partial charge in [0.05, 0.1) is 23.8 Å². The number of anilines is 2. The summed E-state index contributed by atoms with van der Waals surface area (Å²) in [5.41, 5.74) is 1.72. The van der Waals surface area contributed by atoms with E-state index in [4.69, 9.17) is 9.47 Å². The zero-order valence-electron chi connectivity index (χ0n) is 18.4. The van der Waals surface area contributed by atoms with Crippen LogP contribution in [0.5, 0.6) is 5.75 Å². The average Bonchev–Trinajstić information content (AvgIpc) is 3.13. The standard InChI is InChI=1S/C24H17FN4O7/c25-16-7-14(22-15(8-16)11-35-12-36-22)10-28-20-9-17(3-6-19(20)21(27-32)24(28)31)26-23(30)13-1-4-18(5-2-13)29(33)34/h1-9,32H,10-12H2,(H,26,30)/b27-21-. The van der Waals surface area contributed by atoms with Crippen molar-refractivity contribution in [3.63, 3.8) is 0 Å². The van der Waals surface area contributed by atoms with Crippen molar-refractivity contribution in [2.75, 3.05) is 17.0 Å². The molecular formula is C24H17FN4O7. The molecule has 0 spiro atoms. The van der Waals surface area contributed by atoms with Crippen LogP contribution in [-0.4, -0.2) is 34.4 Å². The smallest absolute Gasteiger partial charge is 0.281 e. The van der Waals surface area contributed by atoms with E-state index in [1.165, 1.54) is 59.5 Å². The molecule has 2 aliphatic heterocycles. The largest absolute Gasteiger partial charge is 0.467 e. The third-order valence-corrected chi connectivity index (χ3v) is 5.77. The Hall–Kier alpha value is -4.84. The topological polar surface area (TPSA) is 144 Å². The number of halogens is 1. The lowest BCUT2D eigenvalue weighted by molar-refractivity contribution is -0.384. The second-order valence-corrected chi connectivity index (χ2v) is 7.99. The Bertz CT molecular complexity index is 1440. The second-order valence-electron chi connectivity index (χ2n) is 7.99. The number of oxime groups is 1. The zero-order chi connectivity index (χ0) is 25.4. The highest BCUT2D eigenvalue weighted by molar-refractivity contribution is 6.54. The van der Waals surface area contributed by atoms with Crippen molar-refractivity contribution < 1.29 is 33.6 Å². The van der Waals surface area contributed by atoms with Gasteiger partial charge in [-0.1, -0.05) is 5.16 Å². The Morgan fingerprint density at radius 3 is 2.69 bits per heavy atom. The van der Waals surface area contributed by atoms with Gasteiger partial charge in [-0.15, -0.1) is 0 Å². The first-order valence-electron chi connectivity index (χ1n) is 10.6. The highest BCUT2D eigenvalue weighted by Gasteiger charge is 2.36. The number of hydrogen-bond acceptors (Lipinski definition) is 8. The molecule has 2 N–H and O–H groups in total. The summed E-state index contributed by atoms with van der Waals surface area (Å²) >= 11 is 0. The van der Waals surface area contributed by atoms with Crippen molar-refractivity contribution in [3.05, 3.63) is 92.8 Å². The maximum absolute atomic E-state index is 14.2. The molecule has 0 unspecified atom stereocenters. The molecule has 3 aromatic carbocycles. The number of hydrogen-bond donors (Lipinski definition) is 2. The Kier molecular flexibility index (Phi) is 5.78. The lowest BCUT2D eigenvalue weighted by atomic mass is 10.1. The van der Waals surface area contributed by atoms with Gasteiger partial charge >= 0.3 is 0 Å². The molecule has 182 valence electrons. The van der Waals surface area contributed by atoms with E-state index in [9.17, 15) is 29.3 Å². The van der Waals surface area contributed by atoms with Crippen molar-refractivity contribution in [3.8, 4) is 5.75 Å². The first-order valence-corrected chi connectivity index (χ1v) is 10.6. The number of nitro benzene ring substituents is 1. The minimum absolute atomic E-state index is 0.0155. The maximum Gasteiger partial charge on any atom is 0.281 e. The van der Waals surface area contributed by atoms with Crippen molar-refractivity contribution >= 4 is 34.6 Å². The summed E-state index contributed by atoms with van der Waals surface area (Å²) < 4.78 is 25.0. The van der Waals surface area contributed by atoms with Gasteiger partial charge in [0, 0.05) is 40.1 Å². The number of fused-ring (bicyclic) bond motifs is 2. The highest BCUT2D eigenvalue weighted by Crippen LogP contribution is 2.37. The molecule has 12 heteroatoms. The van der Waals surface area contributed by atoms with Crippen molar-refractivity contribution in [1.29, 1.82) is 0 Å². The van der Waals surface area contributed by atoms with E-state index >= 15 is 0 Å². The third kappa shape index (κ3) is 4.09. The highest BCUT2D eigenvalue weighted by atomic mass is 19.1. The van der Waals surface area contributed by atoms with Crippen LogP contribution in [0.3, 0.4) is 0 Å². The molecule has 0 aromatic heterocycles. The molecule has 2 heterocycles. The van der Waals surface area contributed by atoms with Crippen LogP contribution in [0, 0.1) is 15.9 Å². The fraction of sp³-hybridized carbons (Fsp3) is 0.125. The summed E-state index contributed by atoms with van der Waals surface area (Å²) in [7, 11) is 0. The van der Waals surface area contributed by atoms with Gasteiger partial charge in [-0.05, 0) is 42.5 Å². The molecular weight excluding hydrogens is 475 g/mol. The number of rotatable bonds is 5. The van der Waals surface area contributed by atoms with Gasteiger partial charge in [-0.25, -0.2) is 4.39 Å². The Balaban J connectivity index is 1.45. The molecule has 0 atom stereocenters. The second kappa shape index (κ2) is 9.07. The van der Waals surface area contributed by atoms with E-state index in [1.54, 1.807) is 0 Å². The first-order chi connectivity index (χ1) is 17.4. The third-order valence-electron chi connectivity index (χ3n) is 5.77. The molecule has 0 saturated heterocycles. The molecule has 5 rings (SSSR count). The van der Waals surface area contributed by atoms with Crippen molar-refractivity contribution in [2.45, 2.75) is 13.2 Å². The quantitative estimate of drug-likeness (QED) is 0.315. The Morgan fingerprint density at radius 1 is 1.19 bits per heavy atom. The predicted octanol–water partition coefficient (Wildman–Crippen LogP) is 3.58. The van der Waals surface area contributed by atoms with Gasteiger partial charge in [-0.2, -0.15) is 0 Å². The number of carbonyl (C=O) groups excluding carboxylic acids is 2. The van der Waals surface area contributed by atoms with Crippen LogP contribution >= 0.6 is 0 Å². The molecule has 11 nitrogen and oxygen atoms in total. The van der Waals surface area contributed by atoms with Crippen LogP contribution < -0.4 is 15.0 Å². The van der Waals surface area contributed by atoms with Gasteiger partial charge in [0.2, 0.25) is 0 Å². The average molecular weight is 492 g/mol. The van der Waals surface area contributed by atoms with E-state index in [0.29, 0.717) is 33.8 Å². The molecule has 0 aliphatic carbocycles. The Labute approximate surface area is 202 Å². The summed E-state index contributed by atoms with van der Waals surface area (Å²) in [6.45, 7) is 0.0514. The van der Waals surface area contributed by atoms with Gasteiger partial charge in [-0.3, -0.25) is 19.7 Å². The predicted molar refractivity (Wildman–Crippen MR) is 124 cm³/mol. The summed E-state index contributed by atoms with van der Waals surface area (Å²) in [6, 6.07) is 12.2. The molecule has 2 aliphatic rings. The number of amides is 2. The minimum Gasteiger partial charge on any atom is -0.467 e. The van der Waals surface area contributed by atoms with Gasteiger partial charge < -0.3 is 24.9 Å². The summed E-state index contributed by atoms with van der Waals surface area (Å²) in [5.74, 6) is -1.25. The fourth-order valence-electron chi connectivity index (χ4n) is 4.12. The zero-order valence-corrected chi connectivity index (χ0v) is 18.4. The minimum atomic E-state index is -0.614. The number of nitrogens with one attached hydrogen (secondary N) is 1. The molecule has 36 heavy (non-hydrogen) atoms. The lowest BCUT2D eigenvalue weighted by Crippen LogP contribution is -2.30. The van der Waals surface area contributed by atoms with Crippen LogP contribution in [0.15, 0.2) is 59.8 Å². The van der Waals surface area contributed by atoms with Crippen molar-refractivity contribution in [2.24, 2.45) is 5.16 Å². The van der Waals surface area contributed by atoms with E-state index in [1.807, 2.05) is 0 Å². The normalized spacial score (nSPS) is 15.3. The van der Waals surface area contributed by atoms with Gasteiger partial charge in [0.15, 0.2) is 12.5 Å². The van der Waals surface area contributed by atoms with Crippen LogP contribution in [0.4, 0.5) is 21.5 Å². The number of non-ortho nitro benzene ring substituents is 1. The van der Waals surface area contributed by atoms with E-state index in [-0.39, 0.29) is 36.9 Å². The SMILES string of the molecule is O=C(Nc1ccc2c(c1)N(Cc1cc(F)cc3c1OCOC3)C(=O)/C2=N\O)c1ccc([N+](=O)[O-])cc1. The molecule has 0 bridgehead atoms. The molecule has 0 saturated carbocycles. The first kappa shape index (κ1) is 22.9. The maximum atomic E-state index is 14.2. The van der Waals surface area contributed by atoms with Crippen molar-refractivity contribution in [1.82, 2.24) is 0 Å². The van der Waals surface area contributed by atoms with Crippen LogP contribution in [0.25, 0.3) is 0 Å².